The zero-order valence-corrected chi connectivity index (χ0v) is 19.8. The summed E-state index contributed by atoms with van der Waals surface area (Å²) in [6.45, 7) is 4.32. The fourth-order valence-electron chi connectivity index (χ4n) is 3.96. The zero-order chi connectivity index (χ0) is 23.9. The number of Topliss-reactive ketones (excluding diaryl/α,β-unsaturated/α-hetero) is 2. The number of benzene rings is 3. The smallest absolute Gasteiger partial charge is 0.233 e. The molecule has 34 heavy (non-hydrogen) atoms. The summed E-state index contributed by atoms with van der Waals surface area (Å²) >= 11 is 0. The van der Waals surface area contributed by atoms with E-state index in [1.54, 1.807) is 24.3 Å². The first-order chi connectivity index (χ1) is 16.6. The van der Waals surface area contributed by atoms with E-state index >= 15 is 0 Å². The van der Waals surface area contributed by atoms with Crippen LogP contribution in [0.2, 0.25) is 0 Å². The molecule has 0 aromatic heterocycles. The molecule has 0 N–H and O–H groups in total. The molecule has 0 atom stereocenters. The average molecular weight is 455 g/mol. The van der Waals surface area contributed by atoms with Gasteiger partial charge in [0, 0.05) is 11.1 Å². The SMILES string of the molecule is CCCCc1ccc(OC2=C(Oc3ccc(CCCC)cc3)C(=O)c3ccccc3C2=O)cc1. The highest BCUT2D eigenvalue weighted by atomic mass is 16.5. The van der Waals surface area contributed by atoms with Crippen LogP contribution in [-0.4, -0.2) is 11.6 Å². The number of allylic oxidation sites excluding steroid dienone is 2. The molecule has 4 heteroatoms. The summed E-state index contributed by atoms with van der Waals surface area (Å²) in [5.41, 5.74) is 3.06. The first-order valence-electron chi connectivity index (χ1n) is 12.1. The fourth-order valence-corrected chi connectivity index (χ4v) is 3.96. The zero-order valence-electron chi connectivity index (χ0n) is 19.8. The molecule has 174 valence electrons. The van der Waals surface area contributed by atoms with Crippen LogP contribution in [-0.2, 0) is 12.8 Å². The first kappa shape index (κ1) is 23.5. The van der Waals surface area contributed by atoms with Gasteiger partial charge in [0.05, 0.1) is 0 Å². The van der Waals surface area contributed by atoms with Crippen molar-refractivity contribution in [3.63, 3.8) is 0 Å². The van der Waals surface area contributed by atoms with Crippen molar-refractivity contribution in [2.75, 3.05) is 0 Å². The number of ether oxygens (including phenoxy) is 2. The van der Waals surface area contributed by atoms with Crippen LogP contribution in [0.3, 0.4) is 0 Å². The van der Waals surface area contributed by atoms with E-state index in [2.05, 4.69) is 13.8 Å². The molecule has 4 rings (SSSR count). The van der Waals surface area contributed by atoms with E-state index in [1.165, 1.54) is 11.1 Å². The van der Waals surface area contributed by atoms with Crippen molar-refractivity contribution >= 4 is 11.6 Å². The van der Waals surface area contributed by atoms with Crippen molar-refractivity contribution in [1.82, 2.24) is 0 Å². The summed E-state index contributed by atoms with van der Waals surface area (Å²) in [6.07, 6.45) is 6.47. The normalized spacial score (nSPS) is 13.1. The summed E-state index contributed by atoms with van der Waals surface area (Å²) in [4.78, 5) is 26.7. The Kier molecular flexibility index (Phi) is 7.58. The summed E-state index contributed by atoms with van der Waals surface area (Å²) in [5.74, 6) is 0.0957. The van der Waals surface area contributed by atoms with Gasteiger partial charge in [0.1, 0.15) is 11.5 Å². The van der Waals surface area contributed by atoms with Crippen LogP contribution in [0.25, 0.3) is 0 Å². The van der Waals surface area contributed by atoms with Gasteiger partial charge in [-0.15, -0.1) is 0 Å². The van der Waals surface area contributed by atoms with Crippen molar-refractivity contribution in [2.45, 2.75) is 52.4 Å². The molecular formula is C30H30O4. The number of ketones is 2. The standard InChI is InChI=1S/C30H30O4/c1-3-5-9-21-13-17-23(18-14-21)33-29-27(31)25-11-7-8-12-26(25)28(32)30(29)34-24-19-15-22(16-20-24)10-6-4-2/h7-8,11-20H,3-6,9-10H2,1-2H3. The van der Waals surface area contributed by atoms with Crippen molar-refractivity contribution < 1.29 is 19.1 Å². The highest BCUT2D eigenvalue weighted by Crippen LogP contribution is 2.30. The van der Waals surface area contributed by atoms with Gasteiger partial charge in [-0.3, -0.25) is 9.59 Å². The molecule has 0 radical (unpaired) electrons. The van der Waals surface area contributed by atoms with Crippen molar-refractivity contribution in [3.8, 4) is 11.5 Å². The molecular weight excluding hydrogens is 424 g/mol. The van der Waals surface area contributed by atoms with E-state index in [-0.39, 0.29) is 23.1 Å². The minimum atomic E-state index is -0.361. The molecule has 1 aliphatic rings. The van der Waals surface area contributed by atoms with Crippen LogP contribution in [0.15, 0.2) is 84.3 Å². The molecule has 0 fully saturated rings. The number of fused-ring (bicyclic) bond motifs is 1. The summed E-state index contributed by atoms with van der Waals surface area (Å²) in [6, 6.07) is 22.1. The van der Waals surface area contributed by atoms with Crippen LogP contribution in [0.4, 0.5) is 0 Å². The van der Waals surface area contributed by atoms with Crippen molar-refractivity contribution in [1.29, 1.82) is 0 Å². The summed E-state index contributed by atoms with van der Waals surface area (Å²) < 4.78 is 12.0. The van der Waals surface area contributed by atoms with Gasteiger partial charge >= 0.3 is 0 Å². The van der Waals surface area contributed by atoms with E-state index in [0.717, 1.165) is 38.5 Å². The molecule has 0 bridgehead atoms. The highest BCUT2D eigenvalue weighted by molar-refractivity contribution is 6.25. The van der Waals surface area contributed by atoms with Gasteiger partial charge in [0.15, 0.2) is 0 Å². The molecule has 4 nitrogen and oxygen atoms in total. The minimum absolute atomic E-state index is 0.0833. The molecule has 0 aliphatic heterocycles. The Morgan fingerprint density at radius 1 is 0.559 bits per heavy atom. The van der Waals surface area contributed by atoms with Crippen molar-refractivity contribution in [2.24, 2.45) is 0 Å². The maximum atomic E-state index is 13.3. The highest BCUT2D eigenvalue weighted by Gasteiger charge is 2.36. The lowest BCUT2D eigenvalue weighted by Gasteiger charge is -2.21. The largest absolute Gasteiger partial charge is 0.449 e. The fraction of sp³-hybridized carbons (Fsp3) is 0.267. The predicted octanol–water partition coefficient (Wildman–Crippen LogP) is 7.12. The Morgan fingerprint density at radius 2 is 0.941 bits per heavy atom. The molecule has 0 saturated carbocycles. The number of unbranched alkanes of at least 4 members (excludes halogenated alkanes) is 2. The number of carbonyl (C=O) groups excluding carboxylic acids is 2. The second-order valence-corrected chi connectivity index (χ2v) is 8.56. The predicted molar refractivity (Wildman–Crippen MR) is 133 cm³/mol. The van der Waals surface area contributed by atoms with Crippen LogP contribution in [0.1, 0.15) is 71.4 Å². The Hall–Kier alpha value is -3.66. The van der Waals surface area contributed by atoms with Gasteiger partial charge in [-0.1, -0.05) is 75.2 Å². The Bertz CT molecular complexity index is 1090. The van der Waals surface area contributed by atoms with E-state index in [4.69, 9.17) is 9.47 Å². The maximum Gasteiger partial charge on any atom is 0.233 e. The average Bonchev–Trinajstić information content (AvgIpc) is 2.88. The summed E-state index contributed by atoms with van der Waals surface area (Å²) in [5, 5.41) is 0. The van der Waals surface area contributed by atoms with E-state index in [1.807, 2.05) is 48.5 Å². The van der Waals surface area contributed by atoms with E-state index in [9.17, 15) is 9.59 Å². The molecule has 3 aromatic rings. The number of aryl methyl sites for hydroxylation is 2. The topological polar surface area (TPSA) is 52.6 Å². The van der Waals surface area contributed by atoms with Gasteiger partial charge in [-0.05, 0) is 61.1 Å². The molecule has 3 aromatic carbocycles. The Labute approximate surface area is 201 Å². The number of hydrogen-bond donors (Lipinski definition) is 0. The molecule has 1 aliphatic carbocycles. The second kappa shape index (κ2) is 11.0. The third-order valence-electron chi connectivity index (χ3n) is 5.96. The Morgan fingerprint density at radius 3 is 1.29 bits per heavy atom. The molecule has 0 saturated heterocycles. The Balaban J connectivity index is 1.65. The maximum absolute atomic E-state index is 13.3. The third-order valence-corrected chi connectivity index (χ3v) is 5.96. The third kappa shape index (κ3) is 5.28. The van der Waals surface area contributed by atoms with Gasteiger partial charge in [0.2, 0.25) is 23.1 Å². The van der Waals surface area contributed by atoms with Crippen molar-refractivity contribution in [3.05, 3.63) is 107 Å². The molecule has 0 spiro atoms. The number of hydrogen-bond acceptors (Lipinski definition) is 4. The molecule has 0 heterocycles. The minimum Gasteiger partial charge on any atom is -0.449 e. The summed E-state index contributed by atoms with van der Waals surface area (Å²) in [7, 11) is 0. The van der Waals surface area contributed by atoms with Crippen LogP contribution in [0.5, 0.6) is 11.5 Å². The van der Waals surface area contributed by atoms with Gasteiger partial charge in [-0.25, -0.2) is 0 Å². The lowest BCUT2D eigenvalue weighted by atomic mass is 9.92. The monoisotopic (exact) mass is 454 g/mol. The quantitative estimate of drug-likeness (QED) is 0.327. The van der Waals surface area contributed by atoms with Gasteiger partial charge < -0.3 is 9.47 Å². The van der Waals surface area contributed by atoms with Gasteiger partial charge in [0.25, 0.3) is 0 Å². The first-order valence-corrected chi connectivity index (χ1v) is 12.1. The molecule has 0 unspecified atom stereocenters. The van der Waals surface area contributed by atoms with Crippen LogP contribution < -0.4 is 9.47 Å². The van der Waals surface area contributed by atoms with E-state index < -0.39 is 0 Å². The number of rotatable bonds is 10. The number of carbonyl (C=O) groups is 2. The van der Waals surface area contributed by atoms with Crippen LogP contribution in [0, 0.1) is 0 Å². The molecule has 0 amide bonds. The lowest BCUT2D eigenvalue weighted by Crippen LogP contribution is -2.27. The van der Waals surface area contributed by atoms with Crippen LogP contribution >= 0.6 is 0 Å². The lowest BCUT2D eigenvalue weighted by molar-refractivity contribution is 0.0897. The van der Waals surface area contributed by atoms with Gasteiger partial charge in [-0.2, -0.15) is 0 Å². The van der Waals surface area contributed by atoms with E-state index in [0.29, 0.717) is 22.6 Å². The second-order valence-electron chi connectivity index (χ2n) is 8.56.